The number of alkyl halides is 6. The number of aromatic nitrogens is 3. The first-order chi connectivity index (χ1) is 19.7. The van der Waals surface area contributed by atoms with Gasteiger partial charge < -0.3 is 4.74 Å². The predicted octanol–water partition coefficient (Wildman–Crippen LogP) is 13.0. The Morgan fingerprint density at radius 3 is 1.38 bits per heavy atom. The van der Waals surface area contributed by atoms with E-state index in [1.165, 1.54) is 32.1 Å². The van der Waals surface area contributed by atoms with Gasteiger partial charge in [-0.05, 0) is 75.8 Å². The third-order valence-electron chi connectivity index (χ3n) is 6.26. The summed E-state index contributed by atoms with van der Waals surface area (Å²) >= 11 is 35.9. The summed E-state index contributed by atoms with van der Waals surface area (Å²) in [7, 11) is 15.7. The Morgan fingerprint density at radius 1 is 0.524 bits per heavy atom. The van der Waals surface area contributed by atoms with Crippen LogP contribution in [-0.2, 0) is 7.59 Å². The molecule has 0 aliphatic rings. The molecule has 1 heterocycles. The maximum Gasteiger partial charge on any atom is 0.250 e. The number of rotatable bonds is 15. The lowest BCUT2D eigenvalue weighted by Crippen LogP contribution is -2.16. The number of unbranched alkanes of at least 4 members (excludes halogenated alkanes) is 8. The fourth-order valence-electron chi connectivity index (χ4n) is 4.11. The second kappa shape index (κ2) is 17.2. The van der Waals surface area contributed by atoms with E-state index in [4.69, 9.17) is 106 Å². The quantitative estimate of drug-likeness (QED) is 0.114. The highest BCUT2D eigenvalue weighted by Gasteiger charge is 2.34. The summed E-state index contributed by atoms with van der Waals surface area (Å²) in [6.07, 6.45) is 10.5. The van der Waals surface area contributed by atoms with Gasteiger partial charge >= 0.3 is 0 Å². The van der Waals surface area contributed by atoms with E-state index in [-0.39, 0.29) is 17.5 Å². The van der Waals surface area contributed by atoms with Crippen LogP contribution >= 0.6 is 109 Å². The van der Waals surface area contributed by atoms with Gasteiger partial charge in [0.25, 0.3) is 0 Å². The zero-order valence-electron chi connectivity index (χ0n) is 22.5. The first-order valence-corrected chi connectivity index (χ1v) is 19.9. The van der Waals surface area contributed by atoms with Gasteiger partial charge in [0.2, 0.25) is 7.59 Å². The molecule has 0 radical (unpaired) electrons. The lowest BCUT2D eigenvalue weighted by molar-refractivity contribution is 0.304. The Labute approximate surface area is 292 Å². The van der Waals surface area contributed by atoms with Crippen LogP contribution in [0.4, 0.5) is 0 Å². The van der Waals surface area contributed by atoms with E-state index >= 15 is 0 Å². The minimum absolute atomic E-state index is 0.138. The lowest BCUT2D eigenvalue weighted by Gasteiger charge is -2.15. The fraction of sp³-hybridized carbons (Fsp3) is 0.464. The van der Waals surface area contributed by atoms with Crippen LogP contribution < -0.4 is 4.74 Å². The molecule has 0 spiro atoms. The molecule has 232 valence electrons. The molecule has 3 rings (SSSR count). The van der Waals surface area contributed by atoms with E-state index in [0.717, 1.165) is 42.6 Å². The number of ether oxygens (including phenoxy) is 1. The minimum atomic E-state index is -1.91. The van der Waals surface area contributed by atoms with Gasteiger partial charge in [-0.2, -0.15) is 0 Å². The highest BCUT2D eigenvalue weighted by Crippen LogP contribution is 2.63. The Balaban J connectivity index is 1.43. The molecule has 0 unspecified atom stereocenters. The molecule has 1 aromatic heterocycles. The monoisotopic (exact) mass is 771 g/mol. The van der Waals surface area contributed by atoms with Gasteiger partial charge in [-0.1, -0.05) is 151 Å². The van der Waals surface area contributed by atoms with Gasteiger partial charge in [0.05, 0.1) is 6.61 Å². The number of hydrogen-bond acceptors (Lipinski definition) is 4. The zero-order valence-corrected chi connectivity index (χ0v) is 30.1. The predicted molar refractivity (Wildman–Crippen MR) is 186 cm³/mol. The van der Waals surface area contributed by atoms with Crippen molar-refractivity contribution in [1.29, 1.82) is 0 Å². The molecule has 0 atom stereocenters. The molecule has 0 bridgehead atoms. The molecule has 0 saturated carbocycles. The first-order valence-electron chi connectivity index (χ1n) is 13.4. The third kappa shape index (κ3) is 13.3. The number of halogens is 9. The van der Waals surface area contributed by atoms with Gasteiger partial charge in [0, 0.05) is 11.3 Å². The summed E-state index contributed by atoms with van der Waals surface area (Å²) in [5, 5.41) is 0. The molecule has 2 aromatic carbocycles. The molecule has 0 saturated heterocycles. The van der Waals surface area contributed by atoms with E-state index < -0.39 is 15.3 Å². The van der Waals surface area contributed by atoms with Gasteiger partial charge in [0.1, 0.15) is 5.75 Å². The summed E-state index contributed by atoms with van der Waals surface area (Å²) in [6.45, 7) is 0.700. The van der Waals surface area contributed by atoms with Crippen molar-refractivity contribution >= 4 is 109 Å². The Hall–Kier alpha value is 0.210. The molecule has 0 fully saturated rings. The smallest absolute Gasteiger partial charge is 0.250 e. The summed E-state index contributed by atoms with van der Waals surface area (Å²) < 4.78 is 2.10. The molecule has 0 aliphatic carbocycles. The molecular formula is C28H30Cl9N3OS. The summed E-state index contributed by atoms with van der Waals surface area (Å²) in [6, 6.07) is 15.5. The van der Waals surface area contributed by atoms with Crippen LogP contribution in [0, 0.1) is 0 Å². The Bertz CT molecular complexity index is 1210. The number of benzene rings is 2. The second-order valence-electron chi connectivity index (χ2n) is 9.64. The normalized spacial score (nSPS) is 12.9. The van der Waals surface area contributed by atoms with Crippen molar-refractivity contribution in [1.82, 2.24) is 15.0 Å². The molecule has 3 aromatic rings. The number of hydrogen-bond donors (Lipinski definition) is 0. The average Bonchev–Trinajstić information content (AvgIpc) is 2.92. The van der Waals surface area contributed by atoms with Crippen LogP contribution in [0.3, 0.4) is 0 Å². The van der Waals surface area contributed by atoms with Crippen molar-refractivity contribution in [3.05, 3.63) is 60.2 Å². The van der Waals surface area contributed by atoms with Crippen molar-refractivity contribution in [2.24, 2.45) is 0 Å². The maximum absolute atomic E-state index is 5.98. The first kappa shape index (κ1) is 36.7. The third-order valence-corrected chi connectivity index (χ3v) is 9.42. The lowest BCUT2D eigenvalue weighted by atomic mass is 10.0. The van der Waals surface area contributed by atoms with Gasteiger partial charge in [-0.25, -0.2) is 15.0 Å². The van der Waals surface area contributed by atoms with E-state index in [1.807, 2.05) is 48.5 Å². The van der Waals surface area contributed by atoms with E-state index in [1.54, 1.807) is 0 Å². The minimum Gasteiger partial charge on any atom is -0.494 e. The number of nitrogens with zero attached hydrogens (tertiary/aromatic N) is 3. The Morgan fingerprint density at radius 2 is 0.929 bits per heavy atom. The van der Waals surface area contributed by atoms with E-state index in [2.05, 4.69) is 15.0 Å². The summed E-state index contributed by atoms with van der Waals surface area (Å²) in [5.41, 5.74) is 2.67. The zero-order chi connectivity index (χ0) is 30.8. The van der Waals surface area contributed by atoms with Crippen LogP contribution in [0.25, 0.3) is 22.5 Å². The van der Waals surface area contributed by atoms with Crippen molar-refractivity contribution in [2.45, 2.75) is 65.4 Å². The molecular weight excluding hydrogens is 745 g/mol. The highest BCUT2D eigenvalue weighted by molar-refractivity contribution is 8.79. The van der Waals surface area contributed by atoms with Crippen LogP contribution in [0.5, 0.6) is 5.75 Å². The molecule has 14 heteroatoms. The standard InChI is InChI=1S/C28H30Cl9N3OS/c29-27(30,31)25-38-24(39-26(40-25)28(32,33)34)22-12-10-20(11-13-22)21-14-16-23(17-15-21)41-18-8-6-4-2-1-3-5-7-9-19-42(35,36)37/h10-17H,1-9,18-19H2. The van der Waals surface area contributed by atoms with Crippen LogP contribution in [0.2, 0.25) is 0 Å². The molecule has 42 heavy (non-hydrogen) atoms. The van der Waals surface area contributed by atoms with Crippen LogP contribution in [0.1, 0.15) is 69.4 Å². The largest absolute Gasteiger partial charge is 0.494 e. The van der Waals surface area contributed by atoms with E-state index in [0.29, 0.717) is 17.9 Å². The molecule has 0 N–H and O–H groups in total. The highest BCUT2D eigenvalue weighted by atomic mass is 36.2. The van der Waals surface area contributed by atoms with Crippen molar-refractivity contribution in [3.8, 4) is 28.3 Å². The molecule has 0 aliphatic heterocycles. The van der Waals surface area contributed by atoms with Crippen molar-refractivity contribution < 1.29 is 4.74 Å². The molecule has 4 nitrogen and oxygen atoms in total. The van der Waals surface area contributed by atoms with Crippen molar-refractivity contribution in [3.63, 3.8) is 0 Å². The average molecular weight is 776 g/mol. The fourth-order valence-corrected chi connectivity index (χ4v) is 6.13. The topological polar surface area (TPSA) is 47.9 Å². The SMILES string of the molecule is ClC(Cl)(Cl)c1nc(-c2ccc(-c3ccc(OCCCCCCCCCCCS(Cl)(Cl)Cl)cc3)cc2)nc(C(Cl)(Cl)Cl)n1. The van der Waals surface area contributed by atoms with Crippen molar-refractivity contribution in [2.75, 3.05) is 12.4 Å². The second-order valence-corrected chi connectivity index (χ2v) is 21.8. The maximum atomic E-state index is 5.98. The summed E-state index contributed by atoms with van der Waals surface area (Å²) in [4.78, 5) is 12.5. The van der Waals surface area contributed by atoms with Crippen LogP contribution in [0.15, 0.2) is 48.5 Å². The molecule has 0 amide bonds. The van der Waals surface area contributed by atoms with Gasteiger partial charge in [0.15, 0.2) is 17.5 Å². The van der Waals surface area contributed by atoms with Gasteiger partial charge in [-0.3, -0.25) is 0 Å². The Kier molecular flexibility index (Phi) is 15.0. The van der Waals surface area contributed by atoms with Gasteiger partial charge in [-0.15, -0.1) is 0 Å². The van der Waals surface area contributed by atoms with Crippen LogP contribution in [-0.4, -0.2) is 27.3 Å². The summed E-state index contributed by atoms with van der Waals surface area (Å²) in [5.74, 6) is 1.50. The van der Waals surface area contributed by atoms with E-state index in [9.17, 15) is 0 Å².